The van der Waals surface area contributed by atoms with Crippen LogP contribution in [0, 0.1) is 0 Å². The number of carbonyl (C=O) groups is 1. The maximum absolute atomic E-state index is 12.6. The lowest BCUT2D eigenvalue weighted by atomic mass is 9.95. The fraction of sp³-hybridized carbons (Fsp3) is 0.345. The number of thiocarbonyl (C=S) groups is 1. The van der Waals surface area contributed by atoms with E-state index in [1.807, 2.05) is 0 Å². The van der Waals surface area contributed by atoms with Gasteiger partial charge in [0.15, 0.2) is 10.9 Å². The SMILES string of the molecule is O=C(NCCCN1CCOCC1)c1cnc(NNC(=S)NC2c3ccccc3CCc3ccccc32)c(Cl)c1. The molecule has 8 nitrogen and oxygen atoms in total. The second-order valence-corrected chi connectivity index (χ2v) is 10.5. The Bertz CT molecular complexity index is 1270. The molecule has 4 N–H and O–H groups in total. The first-order chi connectivity index (χ1) is 19.1. The largest absolute Gasteiger partial charge is 0.379 e. The number of aromatic nitrogens is 1. The first-order valence-electron chi connectivity index (χ1n) is 13.3. The molecule has 0 atom stereocenters. The zero-order valence-corrected chi connectivity index (χ0v) is 23.3. The number of amides is 1. The lowest BCUT2D eigenvalue weighted by Gasteiger charge is -2.26. The number of carbonyl (C=O) groups excluding carboxylic acids is 1. The quantitative estimate of drug-likeness (QED) is 0.186. The van der Waals surface area contributed by atoms with Gasteiger partial charge in [-0.15, -0.1) is 0 Å². The summed E-state index contributed by atoms with van der Waals surface area (Å²) in [7, 11) is 0. The minimum atomic E-state index is -0.200. The normalized spacial score (nSPS) is 15.4. The van der Waals surface area contributed by atoms with E-state index in [4.69, 9.17) is 28.6 Å². The molecule has 0 spiro atoms. The summed E-state index contributed by atoms with van der Waals surface area (Å²) in [4.78, 5) is 19.2. The summed E-state index contributed by atoms with van der Waals surface area (Å²) in [5.41, 5.74) is 11.4. The van der Waals surface area contributed by atoms with Crippen LogP contribution in [0.4, 0.5) is 5.82 Å². The fourth-order valence-corrected chi connectivity index (χ4v) is 5.43. The molecule has 1 amide bonds. The molecule has 0 radical (unpaired) electrons. The summed E-state index contributed by atoms with van der Waals surface area (Å²) in [5, 5.41) is 7.12. The number of pyridine rings is 1. The zero-order valence-electron chi connectivity index (χ0n) is 21.7. The zero-order chi connectivity index (χ0) is 27.0. The predicted molar refractivity (Wildman–Crippen MR) is 158 cm³/mol. The first-order valence-corrected chi connectivity index (χ1v) is 14.1. The third-order valence-corrected chi connectivity index (χ3v) is 7.62. The second kappa shape index (κ2) is 13.2. The number of ether oxygens (including phenoxy) is 1. The number of nitrogens with zero attached hydrogens (tertiary/aromatic N) is 2. The highest BCUT2D eigenvalue weighted by atomic mass is 35.5. The number of rotatable bonds is 8. The van der Waals surface area contributed by atoms with Gasteiger partial charge in [-0.25, -0.2) is 4.98 Å². The Morgan fingerprint density at radius 2 is 1.72 bits per heavy atom. The van der Waals surface area contributed by atoms with E-state index in [1.165, 1.54) is 28.5 Å². The van der Waals surface area contributed by atoms with E-state index in [0.717, 1.165) is 52.1 Å². The summed E-state index contributed by atoms with van der Waals surface area (Å²) >= 11 is 12.1. The molecule has 39 heavy (non-hydrogen) atoms. The molecule has 2 aliphatic rings. The van der Waals surface area contributed by atoms with Crippen molar-refractivity contribution in [2.75, 3.05) is 44.8 Å². The number of morpholine rings is 1. The molecule has 0 unspecified atom stereocenters. The number of hydrogen-bond acceptors (Lipinski definition) is 6. The van der Waals surface area contributed by atoms with Crippen LogP contribution in [0.1, 0.15) is 45.1 Å². The lowest BCUT2D eigenvalue weighted by molar-refractivity contribution is 0.0374. The maximum atomic E-state index is 12.6. The second-order valence-electron chi connectivity index (χ2n) is 9.67. The van der Waals surface area contributed by atoms with Crippen molar-refractivity contribution in [3.05, 3.63) is 93.6 Å². The van der Waals surface area contributed by atoms with Crippen molar-refractivity contribution in [1.29, 1.82) is 0 Å². The molecule has 5 rings (SSSR count). The Morgan fingerprint density at radius 1 is 1.05 bits per heavy atom. The highest BCUT2D eigenvalue weighted by Gasteiger charge is 2.24. The van der Waals surface area contributed by atoms with Gasteiger partial charge >= 0.3 is 0 Å². The number of benzene rings is 2. The van der Waals surface area contributed by atoms with Gasteiger partial charge in [-0.2, -0.15) is 0 Å². The molecule has 1 aliphatic carbocycles. The van der Waals surface area contributed by atoms with Crippen molar-refractivity contribution < 1.29 is 9.53 Å². The van der Waals surface area contributed by atoms with Gasteiger partial charge in [0.1, 0.15) is 0 Å². The number of aryl methyl sites for hydroxylation is 2. The Kier molecular flexibility index (Phi) is 9.26. The van der Waals surface area contributed by atoms with Crippen molar-refractivity contribution in [3.63, 3.8) is 0 Å². The van der Waals surface area contributed by atoms with E-state index < -0.39 is 0 Å². The third-order valence-electron chi connectivity index (χ3n) is 7.11. The van der Waals surface area contributed by atoms with Crippen LogP contribution in [0.25, 0.3) is 0 Å². The van der Waals surface area contributed by atoms with Gasteiger partial charge < -0.3 is 15.4 Å². The molecule has 1 aliphatic heterocycles. The van der Waals surface area contributed by atoms with Crippen molar-refractivity contribution >= 4 is 40.7 Å². The summed E-state index contributed by atoms with van der Waals surface area (Å²) in [6, 6.07) is 18.4. The van der Waals surface area contributed by atoms with Gasteiger partial charge in [-0.05, 0) is 66.3 Å². The van der Waals surface area contributed by atoms with E-state index in [2.05, 4.69) is 79.9 Å². The minimum Gasteiger partial charge on any atom is -0.379 e. The topological polar surface area (TPSA) is 90.6 Å². The van der Waals surface area contributed by atoms with Crippen molar-refractivity contribution in [2.24, 2.45) is 0 Å². The summed E-state index contributed by atoms with van der Waals surface area (Å²) in [6.45, 7) is 4.95. The molecule has 2 aromatic carbocycles. The Balaban J connectivity index is 1.15. The molecule has 2 heterocycles. The van der Waals surface area contributed by atoms with Crippen LogP contribution in [0.15, 0.2) is 60.8 Å². The van der Waals surface area contributed by atoms with Crippen LogP contribution in [-0.2, 0) is 17.6 Å². The summed E-state index contributed by atoms with van der Waals surface area (Å²) < 4.78 is 5.37. The molecule has 0 saturated carbocycles. The molecule has 3 aromatic rings. The number of nitrogens with one attached hydrogen (secondary N) is 4. The highest BCUT2D eigenvalue weighted by Crippen LogP contribution is 2.32. The molecular weight excluding hydrogens is 532 g/mol. The van der Waals surface area contributed by atoms with Crippen LogP contribution in [-0.4, -0.2) is 60.3 Å². The standard InChI is InChI=1S/C29H33ClN6O2S/c30-25-18-22(28(37)31-12-5-13-36-14-16-38-17-15-36)19-32-27(25)34-35-29(39)33-26-23-8-3-1-6-20(23)10-11-21-7-2-4-9-24(21)26/h1-4,6-9,18-19,26H,5,10-17H2,(H,31,37)(H,32,34)(H2,33,35,39). The fourth-order valence-electron chi connectivity index (χ4n) is 5.05. The summed E-state index contributed by atoms with van der Waals surface area (Å²) in [5.74, 6) is 0.181. The van der Waals surface area contributed by atoms with Gasteiger partial charge in [0.2, 0.25) is 0 Å². The number of halogens is 1. The molecule has 1 fully saturated rings. The number of anilines is 1. The average molecular weight is 565 g/mol. The van der Waals surface area contributed by atoms with Crippen LogP contribution in [0.3, 0.4) is 0 Å². The Labute approximate surface area is 239 Å². The molecular formula is C29H33ClN6O2S. The van der Waals surface area contributed by atoms with Gasteiger partial charge in [0.25, 0.3) is 5.91 Å². The van der Waals surface area contributed by atoms with Crippen molar-refractivity contribution in [1.82, 2.24) is 25.9 Å². The van der Waals surface area contributed by atoms with E-state index in [0.29, 0.717) is 28.1 Å². The van der Waals surface area contributed by atoms with E-state index >= 15 is 0 Å². The number of hydrazine groups is 1. The van der Waals surface area contributed by atoms with Gasteiger partial charge in [-0.3, -0.25) is 20.5 Å². The van der Waals surface area contributed by atoms with Crippen LogP contribution in [0.5, 0.6) is 0 Å². The highest BCUT2D eigenvalue weighted by molar-refractivity contribution is 7.80. The van der Waals surface area contributed by atoms with E-state index in [-0.39, 0.29) is 11.9 Å². The predicted octanol–water partition coefficient (Wildman–Crippen LogP) is 3.87. The minimum absolute atomic E-state index is 0.0838. The molecule has 1 aromatic heterocycles. The van der Waals surface area contributed by atoms with Gasteiger partial charge in [0.05, 0.1) is 29.8 Å². The van der Waals surface area contributed by atoms with Crippen molar-refractivity contribution in [2.45, 2.75) is 25.3 Å². The lowest BCUT2D eigenvalue weighted by Crippen LogP contribution is -2.41. The smallest absolute Gasteiger partial charge is 0.252 e. The molecule has 1 saturated heterocycles. The van der Waals surface area contributed by atoms with E-state index in [1.54, 1.807) is 6.07 Å². The number of hydrogen-bond donors (Lipinski definition) is 4. The number of fused-ring (bicyclic) bond motifs is 2. The monoisotopic (exact) mass is 564 g/mol. The Hall–Kier alpha value is -3.24. The first kappa shape index (κ1) is 27.3. The summed E-state index contributed by atoms with van der Waals surface area (Å²) in [6.07, 6.45) is 4.34. The van der Waals surface area contributed by atoms with Gasteiger partial charge in [-0.1, -0.05) is 60.1 Å². The van der Waals surface area contributed by atoms with Crippen LogP contribution < -0.4 is 21.5 Å². The van der Waals surface area contributed by atoms with Crippen molar-refractivity contribution in [3.8, 4) is 0 Å². The van der Waals surface area contributed by atoms with Crippen LogP contribution >= 0.6 is 23.8 Å². The van der Waals surface area contributed by atoms with E-state index in [9.17, 15) is 4.79 Å². The Morgan fingerprint density at radius 3 is 2.38 bits per heavy atom. The van der Waals surface area contributed by atoms with Crippen LogP contribution in [0.2, 0.25) is 5.02 Å². The third kappa shape index (κ3) is 7.05. The molecule has 10 heteroatoms. The maximum Gasteiger partial charge on any atom is 0.252 e. The molecule has 204 valence electrons. The molecule has 0 bridgehead atoms. The average Bonchev–Trinajstić information content (AvgIpc) is 3.12. The van der Waals surface area contributed by atoms with Gasteiger partial charge in [0, 0.05) is 25.8 Å².